The van der Waals surface area contributed by atoms with Crippen LogP contribution in [0.5, 0.6) is 0 Å². The maximum Gasteiger partial charge on any atom is 0.0462 e. The molecule has 0 radical (unpaired) electrons. The molecular formula is C48H33N. The summed E-state index contributed by atoms with van der Waals surface area (Å²) in [6.07, 6.45) is 0. The van der Waals surface area contributed by atoms with Crippen molar-refractivity contribution in [1.29, 1.82) is 0 Å². The zero-order valence-electron chi connectivity index (χ0n) is 27.0. The van der Waals surface area contributed by atoms with Crippen LogP contribution < -0.4 is 4.90 Å². The lowest BCUT2D eigenvalue weighted by Gasteiger charge is -2.25. The first-order chi connectivity index (χ1) is 24.2. The van der Waals surface area contributed by atoms with Crippen LogP contribution in [0.4, 0.5) is 17.1 Å². The van der Waals surface area contributed by atoms with E-state index >= 15 is 0 Å². The maximum atomic E-state index is 2.32. The Kier molecular flexibility index (Phi) is 7.22. The lowest BCUT2D eigenvalue weighted by Crippen LogP contribution is -2.09. The molecule has 230 valence electrons. The molecular weight excluding hydrogens is 591 g/mol. The normalized spacial score (nSPS) is 11.3. The summed E-state index contributed by atoms with van der Waals surface area (Å²) in [5.74, 6) is 0. The molecule has 0 amide bonds. The lowest BCUT2D eigenvalue weighted by molar-refractivity contribution is 1.28. The van der Waals surface area contributed by atoms with E-state index in [9.17, 15) is 0 Å². The van der Waals surface area contributed by atoms with Crippen molar-refractivity contribution in [2.75, 3.05) is 4.90 Å². The second-order valence-corrected chi connectivity index (χ2v) is 12.7. The Morgan fingerprint density at radius 1 is 0.204 bits per heavy atom. The van der Waals surface area contributed by atoms with Gasteiger partial charge in [0.2, 0.25) is 0 Å². The molecule has 1 nitrogen and oxygen atoms in total. The summed E-state index contributed by atoms with van der Waals surface area (Å²) in [6, 6.07) is 72.4. The number of benzene rings is 9. The van der Waals surface area contributed by atoms with Crippen molar-refractivity contribution in [3.63, 3.8) is 0 Å². The van der Waals surface area contributed by atoms with Crippen LogP contribution in [-0.2, 0) is 0 Å². The fraction of sp³-hybridized carbons (Fsp3) is 0. The Hall–Kier alpha value is -6.44. The van der Waals surface area contributed by atoms with E-state index < -0.39 is 0 Å². The maximum absolute atomic E-state index is 2.32. The highest BCUT2D eigenvalue weighted by Crippen LogP contribution is 2.36. The predicted octanol–water partition coefficient (Wildman–Crippen LogP) is 13.6. The Morgan fingerprint density at radius 2 is 0.531 bits per heavy atom. The Bertz CT molecular complexity index is 2530. The SMILES string of the molecule is c1ccc(N(c2ccccc2)c2ccc(-c3ccc(-c4ccc5cc6cc(-c7ccc8ccccc8c7)ccc6cc5c4)cc3)cc2)cc1. The third kappa shape index (κ3) is 5.62. The summed E-state index contributed by atoms with van der Waals surface area (Å²) in [5, 5.41) is 7.56. The molecule has 0 aromatic heterocycles. The molecule has 0 saturated heterocycles. The fourth-order valence-corrected chi connectivity index (χ4v) is 6.98. The van der Waals surface area contributed by atoms with Crippen LogP contribution in [0, 0.1) is 0 Å². The monoisotopic (exact) mass is 623 g/mol. The first-order valence-corrected chi connectivity index (χ1v) is 16.8. The molecule has 0 N–H and O–H groups in total. The van der Waals surface area contributed by atoms with Crippen LogP contribution in [0.1, 0.15) is 0 Å². The summed E-state index contributed by atoms with van der Waals surface area (Å²) >= 11 is 0. The molecule has 0 spiro atoms. The number of para-hydroxylation sites is 2. The van der Waals surface area contributed by atoms with Crippen LogP contribution in [0.15, 0.2) is 200 Å². The highest BCUT2D eigenvalue weighted by atomic mass is 15.1. The largest absolute Gasteiger partial charge is 0.311 e. The zero-order chi connectivity index (χ0) is 32.6. The topological polar surface area (TPSA) is 3.24 Å². The molecule has 0 aliphatic carbocycles. The number of nitrogens with zero attached hydrogens (tertiary/aromatic N) is 1. The van der Waals surface area contributed by atoms with Gasteiger partial charge in [0.15, 0.2) is 0 Å². The van der Waals surface area contributed by atoms with Gasteiger partial charge in [-0.1, -0.05) is 133 Å². The average Bonchev–Trinajstić information content (AvgIpc) is 3.18. The number of anilines is 3. The van der Waals surface area contributed by atoms with E-state index in [-0.39, 0.29) is 0 Å². The van der Waals surface area contributed by atoms with Crippen molar-refractivity contribution in [2.24, 2.45) is 0 Å². The summed E-state index contributed by atoms with van der Waals surface area (Å²) < 4.78 is 0. The molecule has 9 aromatic carbocycles. The van der Waals surface area contributed by atoms with Gasteiger partial charge in [-0.05, 0) is 132 Å². The lowest BCUT2D eigenvalue weighted by atomic mass is 9.95. The summed E-state index contributed by atoms with van der Waals surface area (Å²) in [7, 11) is 0. The quantitative estimate of drug-likeness (QED) is 0.167. The van der Waals surface area contributed by atoms with Crippen LogP contribution in [0.2, 0.25) is 0 Å². The molecule has 9 aromatic rings. The molecule has 0 unspecified atom stereocenters. The zero-order valence-corrected chi connectivity index (χ0v) is 27.0. The average molecular weight is 624 g/mol. The van der Waals surface area contributed by atoms with Crippen molar-refractivity contribution in [3.05, 3.63) is 200 Å². The molecule has 0 atom stereocenters. The summed E-state index contributed by atoms with van der Waals surface area (Å²) in [6.45, 7) is 0. The third-order valence-corrected chi connectivity index (χ3v) is 9.58. The minimum Gasteiger partial charge on any atom is -0.311 e. The molecule has 1 heteroatoms. The van der Waals surface area contributed by atoms with Crippen molar-refractivity contribution in [1.82, 2.24) is 0 Å². The van der Waals surface area contributed by atoms with E-state index in [1.807, 2.05) is 0 Å². The number of rotatable bonds is 6. The smallest absolute Gasteiger partial charge is 0.0462 e. The van der Waals surface area contributed by atoms with Gasteiger partial charge in [0, 0.05) is 17.1 Å². The van der Waals surface area contributed by atoms with Crippen LogP contribution in [0.25, 0.3) is 65.7 Å². The standard InChI is InChI=1S/C48H33N/c1-3-11-46(12-4-1)49(47-13-5-2-6-14-47)48-27-25-36(26-28-48)35-15-17-37(18-16-35)39-21-23-42-33-45-31-41(22-24-43(45)32-44(42)30-39)40-20-19-34-9-7-8-10-38(34)29-40/h1-33H. The van der Waals surface area contributed by atoms with Gasteiger partial charge in [-0.2, -0.15) is 0 Å². The molecule has 49 heavy (non-hydrogen) atoms. The Labute approximate surface area is 287 Å². The van der Waals surface area contributed by atoms with Gasteiger partial charge in [-0.25, -0.2) is 0 Å². The van der Waals surface area contributed by atoms with Gasteiger partial charge in [0.05, 0.1) is 0 Å². The minimum absolute atomic E-state index is 1.13. The molecule has 0 fully saturated rings. The Morgan fingerprint density at radius 3 is 1.06 bits per heavy atom. The molecule has 9 rings (SSSR count). The predicted molar refractivity (Wildman–Crippen MR) is 210 cm³/mol. The first-order valence-electron chi connectivity index (χ1n) is 16.8. The van der Waals surface area contributed by atoms with Gasteiger partial charge >= 0.3 is 0 Å². The molecule has 0 saturated carbocycles. The van der Waals surface area contributed by atoms with Gasteiger partial charge in [0.25, 0.3) is 0 Å². The fourth-order valence-electron chi connectivity index (χ4n) is 6.98. The minimum atomic E-state index is 1.13. The van der Waals surface area contributed by atoms with E-state index in [0.29, 0.717) is 0 Å². The highest BCUT2D eigenvalue weighted by Gasteiger charge is 2.12. The summed E-state index contributed by atoms with van der Waals surface area (Å²) in [4.78, 5) is 2.29. The second kappa shape index (κ2) is 12.3. The van der Waals surface area contributed by atoms with Crippen LogP contribution >= 0.6 is 0 Å². The van der Waals surface area contributed by atoms with Crippen molar-refractivity contribution >= 4 is 49.4 Å². The molecule has 0 aliphatic rings. The summed E-state index contributed by atoms with van der Waals surface area (Å²) in [5.41, 5.74) is 10.7. The molecule has 0 heterocycles. The van der Waals surface area contributed by atoms with E-state index in [2.05, 4.69) is 205 Å². The second-order valence-electron chi connectivity index (χ2n) is 12.7. The van der Waals surface area contributed by atoms with E-state index in [4.69, 9.17) is 0 Å². The van der Waals surface area contributed by atoms with Gasteiger partial charge < -0.3 is 4.90 Å². The van der Waals surface area contributed by atoms with Crippen molar-refractivity contribution in [2.45, 2.75) is 0 Å². The molecule has 0 bridgehead atoms. The number of hydrogen-bond acceptors (Lipinski definition) is 1. The van der Waals surface area contributed by atoms with E-state index in [0.717, 1.165) is 17.1 Å². The Balaban J connectivity index is 0.977. The number of fused-ring (bicyclic) bond motifs is 3. The van der Waals surface area contributed by atoms with E-state index in [1.54, 1.807) is 0 Å². The highest BCUT2D eigenvalue weighted by molar-refractivity contribution is 6.01. The van der Waals surface area contributed by atoms with Gasteiger partial charge in [-0.15, -0.1) is 0 Å². The molecule has 0 aliphatic heterocycles. The van der Waals surface area contributed by atoms with Crippen molar-refractivity contribution in [3.8, 4) is 33.4 Å². The van der Waals surface area contributed by atoms with Crippen LogP contribution in [-0.4, -0.2) is 0 Å². The van der Waals surface area contributed by atoms with Crippen LogP contribution in [0.3, 0.4) is 0 Å². The van der Waals surface area contributed by atoms with Crippen molar-refractivity contribution < 1.29 is 0 Å². The number of hydrogen-bond donors (Lipinski definition) is 0. The van der Waals surface area contributed by atoms with Gasteiger partial charge in [0.1, 0.15) is 0 Å². The van der Waals surface area contributed by atoms with E-state index in [1.165, 1.54) is 65.7 Å². The third-order valence-electron chi connectivity index (χ3n) is 9.58. The van der Waals surface area contributed by atoms with Gasteiger partial charge in [-0.3, -0.25) is 0 Å². The first kappa shape index (κ1) is 28.8.